The molecule has 6 N–H and O–H groups in total. The third-order valence-electron chi connectivity index (χ3n) is 5.25. The van der Waals surface area contributed by atoms with E-state index in [-0.39, 0.29) is 24.5 Å². The molecule has 11 nitrogen and oxygen atoms in total. The second-order valence-electron chi connectivity index (χ2n) is 7.60. The number of thiol groups is 1. The number of nitrogens with one attached hydrogen (secondary N) is 4. The highest BCUT2D eigenvalue weighted by Gasteiger charge is 2.33. The number of rotatable bonds is 13. The lowest BCUT2D eigenvalue weighted by atomic mass is 9.97. The molecule has 0 aliphatic carbocycles. The molecular weight excluding hydrogens is 428 g/mol. The second-order valence-corrected chi connectivity index (χ2v) is 7.96. The number of amides is 3. The van der Waals surface area contributed by atoms with Gasteiger partial charge in [0.15, 0.2) is 0 Å². The molecule has 0 radical (unpaired) electrons. The van der Waals surface area contributed by atoms with Gasteiger partial charge in [0.2, 0.25) is 17.7 Å². The van der Waals surface area contributed by atoms with Gasteiger partial charge in [-0.2, -0.15) is 12.6 Å². The SMILES string of the molecule is CCC(C)C(NC(=O)C(CCC(=O)O)NC(=O)C1CCCN1)C(=O)NC(CS)C(=O)O. The van der Waals surface area contributed by atoms with Crippen LogP contribution in [-0.2, 0) is 24.0 Å². The third kappa shape index (κ3) is 8.74. The van der Waals surface area contributed by atoms with E-state index in [1.807, 2.05) is 0 Å². The Morgan fingerprint density at radius 2 is 1.74 bits per heavy atom. The van der Waals surface area contributed by atoms with E-state index in [2.05, 4.69) is 33.9 Å². The van der Waals surface area contributed by atoms with Crippen molar-refractivity contribution in [1.82, 2.24) is 21.3 Å². The van der Waals surface area contributed by atoms with Crippen LogP contribution in [0.1, 0.15) is 46.0 Å². The molecule has 0 aromatic rings. The van der Waals surface area contributed by atoms with Gasteiger partial charge >= 0.3 is 11.9 Å². The summed E-state index contributed by atoms with van der Waals surface area (Å²) in [6.07, 6.45) is 1.43. The summed E-state index contributed by atoms with van der Waals surface area (Å²) < 4.78 is 0. The maximum absolute atomic E-state index is 12.9. The number of carboxylic acids is 2. The Kier molecular flexibility index (Phi) is 11.3. The van der Waals surface area contributed by atoms with Crippen molar-refractivity contribution in [3.8, 4) is 0 Å². The van der Waals surface area contributed by atoms with E-state index in [1.165, 1.54) is 0 Å². The Hall–Kier alpha value is -2.34. The summed E-state index contributed by atoms with van der Waals surface area (Å²) in [5, 5.41) is 28.6. The van der Waals surface area contributed by atoms with E-state index in [4.69, 9.17) is 10.2 Å². The Bertz CT molecular complexity index is 670. The summed E-state index contributed by atoms with van der Waals surface area (Å²) in [4.78, 5) is 60.1. The zero-order valence-electron chi connectivity index (χ0n) is 17.7. The average molecular weight is 461 g/mol. The van der Waals surface area contributed by atoms with Crippen molar-refractivity contribution in [3.63, 3.8) is 0 Å². The van der Waals surface area contributed by atoms with E-state index >= 15 is 0 Å². The van der Waals surface area contributed by atoms with Gasteiger partial charge in [-0.15, -0.1) is 0 Å². The highest BCUT2D eigenvalue weighted by molar-refractivity contribution is 7.80. The van der Waals surface area contributed by atoms with Crippen molar-refractivity contribution in [1.29, 1.82) is 0 Å². The van der Waals surface area contributed by atoms with Crippen molar-refractivity contribution in [2.45, 2.75) is 70.1 Å². The summed E-state index contributed by atoms with van der Waals surface area (Å²) in [5.74, 6) is -4.66. The summed E-state index contributed by atoms with van der Waals surface area (Å²) in [7, 11) is 0. The topological polar surface area (TPSA) is 174 Å². The molecule has 3 amide bonds. The van der Waals surface area contributed by atoms with Crippen molar-refractivity contribution < 1.29 is 34.2 Å². The van der Waals surface area contributed by atoms with Crippen molar-refractivity contribution in [2.75, 3.05) is 12.3 Å². The van der Waals surface area contributed by atoms with Gasteiger partial charge in [0.1, 0.15) is 18.1 Å². The molecule has 176 valence electrons. The van der Waals surface area contributed by atoms with Gasteiger partial charge in [-0.1, -0.05) is 20.3 Å². The Morgan fingerprint density at radius 1 is 1.06 bits per heavy atom. The molecule has 5 unspecified atom stereocenters. The van der Waals surface area contributed by atoms with E-state index < -0.39 is 53.8 Å². The normalized spacial score (nSPS) is 19.5. The molecule has 0 spiro atoms. The minimum Gasteiger partial charge on any atom is -0.481 e. The smallest absolute Gasteiger partial charge is 0.327 e. The highest BCUT2D eigenvalue weighted by atomic mass is 32.1. The van der Waals surface area contributed by atoms with Gasteiger partial charge < -0.3 is 31.5 Å². The molecule has 1 fully saturated rings. The van der Waals surface area contributed by atoms with Crippen LogP contribution in [0.3, 0.4) is 0 Å². The first kappa shape index (κ1) is 26.7. The Labute approximate surface area is 186 Å². The molecular formula is C19H32N4O7S. The maximum atomic E-state index is 12.9. The molecule has 5 atom stereocenters. The highest BCUT2D eigenvalue weighted by Crippen LogP contribution is 2.11. The fourth-order valence-corrected chi connectivity index (χ4v) is 3.37. The molecule has 1 rings (SSSR count). The molecule has 1 aliphatic heterocycles. The van der Waals surface area contributed by atoms with Crippen LogP contribution in [0.5, 0.6) is 0 Å². The molecule has 1 saturated heterocycles. The van der Waals surface area contributed by atoms with Crippen LogP contribution in [-0.4, -0.2) is 76.3 Å². The molecule has 0 aromatic heterocycles. The fourth-order valence-electron chi connectivity index (χ4n) is 3.12. The molecule has 31 heavy (non-hydrogen) atoms. The number of hydrogen-bond acceptors (Lipinski definition) is 7. The zero-order valence-corrected chi connectivity index (χ0v) is 18.6. The molecule has 0 aromatic carbocycles. The molecule has 1 aliphatic rings. The summed E-state index contributed by atoms with van der Waals surface area (Å²) in [5.41, 5.74) is 0. The third-order valence-corrected chi connectivity index (χ3v) is 5.61. The van der Waals surface area contributed by atoms with E-state index in [0.717, 1.165) is 6.42 Å². The van der Waals surface area contributed by atoms with Gasteiger partial charge in [0.05, 0.1) is 6.04 Å². The van der Waals surface area contributed by atoms with Gasteiger partial charge in [-0.05, 0) is 31.7 Å². The lowest BCUT2D eigenvalue weighted by Gasteiger charge is -2.27. The Morgan fingerprint density at radius 3 is 2.23 bits per heavy atom. The van der Waals surface area contributed by atoms with Crippen LogP contribution in [0.15, 0.2) is 0 Å². The lowest BCUT2D eigenvalue weighted by molar-refractivity contribution is -0.142. The van der Waals surface area contributed by atoms with Crippen LogP contribution in [0.25, 0.3) is 0 Å². The van der Waals surface area contributed by atoms with Gasteiger partial charge in [-0.3, -0.25) is 19.2 Å². The number of carbonyl (C=O) groups excluding carboxylic acids is 3. The summed E-state index contributed by atoms with van der Waals surface area (Å²) in [6, 6.07) is -3.89. The van der Waals surface area contributed by atoms with Crippen LogP contribution in [0.4, 0.5) is 0 Å². The first-order valence-corrected chi connectivity index (χ1v) is 10.9. The standard InChI is InChI=1S/C19H32N4O7S/c1-3-10(2)15(18(28)22-13(9-31)19(29)30)23-17(27)12(6-7-14(24)25)21-16(26)11-5-4-8-20-11/h10-13,15,20,31H,3-9H2,1-2H3,(H,21,26)(H,22,28)(H,23,27)(H,24,25)(H,29,30). The van der Waals surface area contributed by atoms with Crippen molar-refractivity contribution in [3.05, 3.63) is 0 Å². The number of carbonyl (C=O) groups is 5. The van der Waals surface area contributed by atoms with Crippen LogP contribution >= 0.6 is 12.6 Å². The first-order valence-electron chi connectivity index (χ1n) is 10.3. The largest absolute Gasteiger partial charge is 0.481 e. The zero-order chi connectivity index (χ0) is 23.6. The first-order chi connectivity index (χ1) is 14.6. The molecule has 12 heteroatoms. The van der Waals surface area contributed by atoms with E-state index in [9.17, 15) is 24.0 Å². The van der Waals surface area contributed by atoms with Crippen LogP contribution in [0.2, 0.25) is 0 Å². The van der Waals surface area contributed by atoms with Gasteiger partial charge in [0.25, 0.3) is 0 Å². The second kappa shape index (κ2) is 13.2. The monoisotopic (exact) mass is 460 g/mol. The van der Waals surface area contributed by atoms with E-state index in [1.54, 1.807) is 13.8 Å². The molecule has 0 bridgehead atoms. The number of aliphatic carboxylic acids is 2. The predicted octanol–water partition coefficient (Wildman–Crippen LogP) is -0.882. The summed E-state index contributed by atoms with van der Waals surface area (Å²) in [6.45, 7) is 4.20. The number of hydrogen-bond donors (Lipinski definition) is 7. The van der Waals surface area contributed by atoms with Crippen molar-refractivity contribution in [2.24, 2.45) is 5.92 Å². The predicted molar refractivity (Wildman–Crippen MR) is 115 cm³/mol. The molecule has 1 heterocycles. The van der Waals surface area contributed by atoms with Crippen LogP contribution < -0.4 is 21.3 Å². The number of carboxylic acid groups (broad SMARTS) is 2. The minimum absolute atomic E-state index is 0.131. The Balaban J connectivity index is 2.93. The van der Waals surface area contributed by atoms with E-state index in [0.29, 0.717) is 19.4 Å². The van der Waals surface area contributed by atoms with Gasteiger partial charge in [-0.25, -0.2) is 4.79 Å². The fraction of sp³-hybridized carbons (Fsp3) is 0.737. The van der Waals surface area contributed by atoms with Crippen LogP contribution in [0, 0.1) is 5.92 Å². The average Bonchev–Trinajstić information content (AvgIpc) is 3.26. The molecule has 0 saturated carbocycles. The van der Waals surface area contributed by atoms with Gasteiger partial charge in [0, 0.05) is 12.2 Å². The summed E-state index contributed by atoms with van der Waals surface area (Å²) >= 11 is 3.91. The minimum atomic E-state index is -1.26. The van der Waals surface area contributed by atoms with Crippen molar-refractivity contribution >= 4 is 42.3 Å². The quantitative estimate of drug-likeness (QED) is 0.173. The lowest BCUT2D eigenvalue weighted by Crippen LogP contribution is -2.58. The maximum Gasteiger partial charge on any atom is 0.327 e.